The van der Waals surface area contributed by atoms with Gasteiger partial charge in [-0.3, -0.25) is 9.20 Å². The average Bonchev–Trinajstić information content (AvgIpc) is 3.28. The summed E-state index contributed by atoms with van der Waals surface area (Å²) in [7, 11) is 0. The molecule has 26 heavy (non-hydrogen) atoms. The van der Waals surface area contributed by atoms with Crippen molar-refractivity contribution in [2.75, 3.05) is 18.8 Å². The number of pyridine rings is 1. The summed E-state index contributed by atoms with van der Waals surface area (Å²) in [4.78, 5) is 15.8. The number of carbonyl (C=O) groups excluding carboxylic acids is 1. The van der Waals surface area contributed by atoms with E-state index in [0.29, 0.717) is 5.75 Å². The molecule has 1 amide bonds. The minimum atomic E-state index is 0.205. The Morgan fingerprint density at radius 3 is 3.08 bits per heavy atom. The molecule has 3 aromatic rings. The number of halogens is 1. The largest absolute Gasteiger partial charge is 0.341 e. The molecule has 0 bridgehead atoms. The predicted octanol–water partition coefficient (Wildman–Crippen LogP) is 4.08. The van der Waals surface area contributed by atoms with Crippen LogP contribution in [0.5, 0.6) is 0 Å². The van der Waals surface area contributed by atoms with E-state index in [-0.39, 0.29) is 11.8 Å². The summed E-state index contributed by atoms with van der Waals surface area (Å²) in [5.74, 6) is 2.74. The van der Waals surface area contributed by atoms with Crippen LogP contribution in [-0.4, -0.2) is 44.2 Å². The van der Waals surface area contributed by atoms with Crippen LogP contribution in [0.15, 0.2) is 36.5 Å². The molecular weight excluding hydrogens is 388 g/mol. The molecule has 1 atom stereocenters. The molecule has 4 heterocycles. The summed E-state index contributed by atoms with van der Waals surface area (Å²) in [5.41, 5.74) is 0.858. The van der Waals surface area contributed by atoms with Crippen LogP contribution in [0.1, 0.15) is 29.5 Å². The molecule has 1 aliphatic heterocycles. The zero-order chi connectivity index (χ0) is 17.9. The second kappa shape index (κ2) is 7.98. The number of likely N-dealkylation sites (tertiary alicyclic amines) is 1. The van der Waals surface area contributed by atoms with Gasteiger partial charge in [0.05, 0.1) is 10.1 Å². The molecule has 0 radical (unpaired) electrons. The third-order valence-corrected chi connectivity index (χ3v) is 6.96. The number of amides is 1. The topological polar surface area (TPSA) is 50.5 Å². The Hall–Kier alpha value is -1.57. The van der Waals surface area contributed by atoms with Gasteiger partial charge in [0, 0.05) is 35.8 Å². The molecule has 4 rings (SSSR count). The van der Waals surface area contributed by atoms with Crippen molar-refractivity contribution in [3.63, 3.8) is 0 Å². The highest BCUT2D eigenvalue weighted by Crippen LogP contribution is 2.28. The van der Waals surface area contributed by atoms with Gasteiger partial charge >= 0.3 is 0 Å². The van der Waals surface area contributed by atoms with E-state index in [9.17, 15) is 4.79 Å². The maximum atomic E-state index is 12.6. The van der Waals surface area contributed by atoms with Crippen LogP contribution >= 0.6 is 34.7 Å². The molecule has 1 fully saturated rings. The van der Waals surface area contributed by atoms with Crippen molar-refractivity contribution in [1.29, 1.82) is 0 Å². The molecule has 0 saturated carbocycles. The summed E-state index contributed by atoms with van der Waals surface area (Å²) >= 11 is 9.18. The SMILES string of the molecule is O=C(CSCc1ccc(Cl)s1)N1CCC[C@H](c2nnc3ccccn23)C1. The molecule has 5 nitrogen and oxygen atoms in total. The number of fused-ring (bicyclic) bond motifs is 1. The van der Waals surface area contributed by atoms with Crippen molar-refractivity contribution >= 4 is 46.3 Å². The van der Waals surface area contributed by atoms with Gasteiger partial charge in [0.2, 0.25) is 5.91 Å². The van der Waals surface area contributed by atoms with Crippen LogP contribution in [0.25, 0.3) is 5.65 Å². The summed E-state index contributed by atoms with van der Waals surface area (Å²) < 4.78 is 2.83. The second-order valence-corrected chi connectivity index (χ2v) is 9.15. The Morgan fingerprint density at radius 1 is 1.31 bits per heavy atom. The number of nitrogens with zero attached hydrogens (tertiary/aromatic N) is 4. The summed E-state index contributed by atoms with van der Waals surface area (Å²) in [6.07, 6.45) is 4.04. The van der Waals surface area contributed by atoms with Crippen LogP contribution < -0.4 is 0 Å². The number of thioether (sulfide) groups is 1. The highest BCUT2D eigenvalue weighted by Gasteiger charge is 2.27. The Bertz CT molecular complexity index is 909. The van der Waals surface area contributed by atoms with E-state index in [0.717, 1.165) is 47.5 Å². The number of aromatic nitrogens is 3. The van der Waals surface area contributed by atoms with Gasteiger partial charge in [0.25, 0.3) is 0 Å². The zero-order valence-corrected chi connectivity index (χ0v) is 16.6. The number of hydrogen-bond donors (Lipinski definition) is 0. The van der Waals surface area contributed by atoms with Crippen molar-refractivity contribution in [3.8, 4) is 0 Å². The van der Waals surface area contributed by atoms with Gasteiger partial charge in [-0.05, 0) is 37.1 Å². The highest BCUT2D eigenvalue weighted by molar-refractivity contribution is 7.99. The minimum Gasteiger partial charge on any atom is -0.341 e. The molecule has 0 spiro atoms. The van der Waals surface area contributed by atoms with E-state index in [2.05, 4.69) is 10.2 Å². The van der Waals surface area contributed by atoms with Crippen molar-refractivity contribution in [2.24, 2.45) is 0 Å². The molecule has 8 heteroatoms. The second-order valence-electron chi connectivity index (χ2n) is 6.36. The third kappa shape index (κ3) is 3.89. The van der Waals surface area contributed by atoms with Gasteiger partial charge in [0.1, 0.15) is 5.82 Å². The fourth-order valence-electron chi connectivity index (χ4n) is 3.31. The van der Waals surface area contributed by atoms with E-state index < -0.39 is 0 Å². The van der Waals surface area contributed by atoms with Gasteiger partial charge in [0.15, 0.2) is 5.65 Å². The summed E-state index contributed by atoms with van der Waals surface area (Å²) in [6.45, 7) is 1.55. The first kappa shape index (κ1) is 17.8. The molecule has 0 aliphatic carbocycles. The van der Waals surface area contributed by atoms with Gasteiger partial charge < -0.3 is 4.90 Å². The van der Waals surface area contributed by atoms with Gasteiger partial charge in [-0.2, -0.15) is 0 Å². The Morgan fingerprint density at radius 2 is 2.23 bits per heavy atom. The van der Waals surface area contributed by atoms with Gasteiger partial charge in [-0.25, -0.2) is 0 Å². The standard InChI is InChI=1S/C18H19ClN4OS2/c19-15-7-6-14(26-15)11-25-12-17(24)22-8-3-4-13(10-22)18-21-20-16-5-1-2-9-23(16)18/h1-2,5-7,9,13H,3-4,8,10-12H2/t13-/m0/s1. The lowest BCUT2D eigenvalue weighted by molar-refractivity contribution is -0.129. The van der Waals surface area contributed by atoms with Crippen molar-refractivity contribution in [3.05, 3.63) is 51.6 Å². The quantitative estimate of drug-likeness (QED) is 0.640. The summed E-state index contributed by atoms with van der Waals surface area (Å²) in [5, 5.41) is 8.62. The average molecular weight is 407 g/mol. The Labute approximate surface area is 165 Å². The van der Waals surface area contributed by atoms with Gasteiger partial charge in [-0.15, -0.1) is 33.3 Å². The fourth-order valence-corrected chi connectivity index (χ4v) is 5.44. The molecule has 1 saturated heterocycles. The lowest BCUT2D eigenvalue weighted by Crippen LogP contribution is -2.40. The van der Waals surface area contributed by atoms with E-state index in [4.69, 9.17) is 11.6 Å². The molecule has 3 aromatic heterocycles. The number of piperidine rings is 1. The van der Waals surface area contributed by atoms with Crippen LogP contribution in [0.4, 0.5) is 0 Å². The van der Waals surface area contributed by atoms with Crippen LogP contribution in [-0.2, 0) is 10.5 Å². The van der Waals surface area contributed by atoms with E-state index in [1.165, 1.54) is 4.88 Å². The lowest BCUT2D eigenvalue weighted by Gasteiger charge is -2.32. The smallest absolute Gasteiger partial charge is 0.232 e. The monoisotopic (exact) mass is 406 g/mol. The molecule has 1 aliphatic rings. The lowest BCUT2D eigenvalue weighted by atomic mass is 9.97. The number of rotatable bonds is 5. The molecular formula is C18H19ClN4OS2. The number of hydrogen-bond acceptors (Lipinski definition) is 5. The molecule has 0 N–H and O–H groups in total. The van der Waals surface area contributed by atoms with E-state index >= 15 is 0 Å². The Balaban J connectivity index is 1.36. The molecule has 136 valence electrons. The highest BCUT2D eigenvalue weighted by atomic mass is 35.5. The minimum absolute atomic E-state index is 0.205. The maximum Gasteiger partial charge on any atom is 0.232 e. The number of carbonyl (C=O) groups is 1. The van der Waals surface area contributed by atoms with Crippen molar-refractivity contribution in [2.45, 2.75) is 24.5 Å². The van der Waals surface area contributed by atoms with Crippen LogP contribution in [0.3, 0.4) is 0 Å². The Kier molecular flexibility index (Phi) is 5.47. The predicted molar refractivity (Wildman–Crippen MR) is 107 cm³/mol. The first-order valence-corrected chi connectivity index (χ1v) is 10.9. The molecule has 0 aromatic carbocycles. The van der Waals surface area contributed by atoms with Crippen LogP contribution in [0.2, 0.25) is 4.34 Å². The normalized spacial score (nSPS) is 17.7. The van der Waals surface area contributed by atoms with Gasteiger partial charge in [-0.1, -0.05) is 17.7 Å². The first-order chi connectivity index (χ1) is 12.7. The van der Waals surface area contributed by atoms with Crippen molar-refractivity contribution < 1.29 is 4.79 Å². The van der Waals surface area contributed by atoms with Crippen LogP contribution in [0, 0.1) is 0 Å². The van der Waals surface area contributed by atoms with E-state index in [1.54, 1.807) is 23.1 Å². The van der Waals surface area contributed by atoms with Crippen molar-refractivity contribution in [1.82, 2.24) is 19.5 Å². The molecule has 0 unspecified atom stereocenters. The third-order valence-electron chi connectivity index (χ3n) is 4.58. The first-order valence-electron chi connectivity index (χ1n) is 8.60. The fraction of sp³-hybridized carbons (Fsp3) is 0.389. The zero-order valence-electron chi connectivity index (χ0n) is 14.2. The summed E-state index contributed by atoms with van der Waals surface area (Å²) in [6, 6.07) is 9.83. The maximum absolute atomic E-state index is 12.6. The van der Waals surface area contributed by atoms with E-state index in [1.807, 2.05) is 45.8 Å². The number of thiophene rings is 1.